The molecule has 0 unspecified atom stereocenters. The summed E-state index contributed by atoms with van der Waals surface area (Å²) in [6.45, 7) is 0. The molecule has 0 fully saturated rings. The van der Waals surface area contributed by atoms with Crippen LogP contribution in [-0.2, 0) is 4.79 Å². The van der Waals surface area contributed by atoms with E-state index in [2.05, 4.69) is 63.6 Å². The Balaban J connectivity index is 1.58. The second-order valence-corrected chi connectivity index (χ2v) is 11.9. The van der Waals surface area contributed by atoms with E-state index in [9.17, 15) is 14.4 Å². The predicted molar refractivity (Wildman–Crippen MR) is 179 cm³/mol. The molecule has 0 bridgehead atoms. The summed E-state index contributed by atoms with van der Waals surface area (Å²) in [4.78, 5) is 41.0. The Hall–Kier alpha value is -4.06. The van der Waals surface area contributed by atoms with Crippen molar-refractivity contribution in [3.05, 3.63) is 132 Å². The molecule has 0 aliphatic carbocycles. The van der Waals surface area contributed by atoms with Gasteiger partial charge in [0, 0.05) is 39.9 Å². The summed E-state index contributed by atoms with van der Waals surface area (Å²) in [5.41, 5.74) is 5.27. The Morgan fingerprint density at radius 1 is 0.837 bits per heavy atom. The molecule has 0 atom stereocenters. The van der Waals surface area contributed by atoms with E-state index >= 15 is 0 Å². The van der Waals surface area contributed by atoms with E-state index < -0.39 is 17.8 Å². The van der Waals surface area contributed by atoms with Crippen molar-refractivity contribution in [2.45, 2.75) is 0 Å². The van der Waals surface area contributed by atoms with E-state index in [1.165, 1.54) is 6.21 Å². The second kappa shape index (κ2) is 14.9. The minimum Gasteiger partial charge on any atom is -0.421 e. The number of hydrazone groups is 1. The number of amides is 2. The zero-order valence-corrected chi connectivity index (χ0v) is 27.7. The molecule has 0 saturated heterocycles. The molecule has 0 saturated carbocycles. The van der Waals surface area contributed by atoms with E-state index in [-0.39, 0.29) is 11.4 Å². The number of carbonyl (C=O) groups is 3. The molecule has 4 rings (SSSR count). The van der Waals surface area contributed by atoms with Gasteiger partial charge in [0.15, 0.2) is 5.75 Å². The van der Waals surface area contributed by atoms with Crippen LogP contribution in [0.5, 0.6) is 5.75 Å². The van der Waals surface area contributed by atoms with Gasteiger partial charge in [0.1, 0.15) is 5.70 Å². The van der Waals surface area contributed by atoms with Crippen LogP contribution in [0.3, 0.4) is 0 Å². The molecule has 2 N–H and O–H groups in total. The maximum Gasteiger partial charge on any atom is 0.344 e. The maximum absolute atomic E-state index is 13.3. The predicted octanol–water partition coefficient (Wildman–Crippen LogP) is 7.18. The highest BCUT2D eigenvalue weighted by atomic mass is 79.9. The lowest BCUT2D eigenvalue weighted by molar-refractivity contribution is -0.117. The third-order valence-electron chi connectivity index (χ3n) is 5.94. The maximum atomic E-state index is 13.3. The minimum atomic E-state index is -0.655. The van der Waals surface area contributed by atoms with Gasteiger partial charge in [-0.3, -0.25) is 9.59 Å². The number of anilines is 1. The molecule has 0 aromatic heterocycles. The highest BCUT2D eigenvalue weighted by Gasteiger charge is 2.18. The molecule has 0 spiro atoms. The number of esters is 1. The van der Waals surface area contributed by atoms with Gasteiger partial charge in [-0.15, -0.1) is 0 Å². The quantitative estimate of drug-likeness (QED) is 0.0619. The molecule has 0 aliphatic heterocycles. The van der Waals surface area contributed by atoms with Crippen molar-refractivity contribution in [1.29, 1.82) is 0 Å². The highest BCUT2D eigenvalue weighted by Crippen LogP contribution is 2.33. The molecule has 2 amide bonds. The SMILES string of the molecule is CN(C)c1ccc(/C=C(\NC(=O)c2ccccc2)C(=O)N/N=C/c2cc(Br)cc(Br)c2OC(=O)c2ccccc2Br)cc1. The molecule has 0 aliphatic rings. The molecule has 11 heteroatoms. The third kappa shape index (κ3) is 8.73. The number of hydrogen-bond donors (Lipinski definition) is 2. The molecule has 43 heavy (non-hydrogen) atoms. The van der Waals surface area contributed by atoms with E-state index in [4.69, 9.17) is 4.74 Å². The monoisotopic (exact) mass is 766 g/mol. The van der Waals surface area contributed by atoms with Gasteiger partial charge in [-0.2, -0.15) is 5.10 Å². The molecule has 218 valence electrons. The van der Waals surface area contributed by atoms with Gasteiger partial charge in [0.05, 0.1) is 16.3 Å². The average Bonchev–Trinajstić information content (AvgIpc) is 2.99. The first-order chi connectivity index (χ1) is 20.6. The van der Waals surface area contributed by atoms with Gasteiger partial charge in [0.25, 0.3) is 11.8 Å². The molecule has 8 nitrogen and oxygen atoms in total. The number of nitrogens with one attached hydrogen (secondary N) is 2. The fraction of sp³-hybridized carbons (Fsp3) is 0.0625. The lowest BCUT2D eigenvalue weighted by Gasteiger charge is -2.13. The van der Waals surface area contributed by atoms with Crippen LogP contribution < -0.4 is 20.4 Å². The first-order valence-electron chi connectivity index (χ1n) is 12.8. The van der Waals surface area contributed by atoms with Gasteiger partial charge in [-0.25, -0.2) is 10.2 Å². The molecular formula is C32H25Br3N4O4. The van der Waals surface area contributed by atoms with Crippen LogP contribution in [0.2, 0.25) is 0 Å². The van der Waals surface area contributed by atoms with Crippen LogP contribution in [0, 0.1) is 0 Å². The van der Waals surface area contributed by atoms with Gasteiger partial charge in [-0.1, -0.05) is 58.4 Å². The minimum absolute atomic E-state index is 0.0143. The van der Waals surface area contributed by atoms with Gasteiger partial charge < -0.3 is 15.0 Å². The smallest absolute Gasteiger partial charge is 0.344 e. The zero-order valence-electron chi connectivity index (χ0n) is 23.0. The first kappa shape index (κ1) is 31.9. The number of hydrogen-bond acceptors (Lipinski definition) is 6. The fourth-order valence-corrected chi connectivity index (χ4v) is 5.54. The van der Waals surface area contributed by atoms with E-state index in [0.717, 1.165) is 5.69 Å². The lowest BCUT2D eigenvalue weighted by Crippen LogP contribution is -2.32. The van der Waals surface area contributed by atoms with Crippen LogP contribution in [0.15, 0.2) is 115 Å². The molecule has 4 aromatic carbocycles. The van der Waals surface area contributed by atoms with Crippen LogP contribution in [0.1, 0.15) is 31.8 Å². The van der Waals surface area contributed by atoms with Crippen LogP contribution in [0.25, 0.3) is 6.08 Å². The normalized spacial score (nSPS) is 11.2. The summed E-state index contributed by atoms with van der Waals surface area (Å²) in [5, 5.41) is 6.78. The first-order valence-corrected chi connectivity index (χ1v) is 15.1. The van der Waals surface area contributed by atoms with E-state index in [1.54, 1.807) is 72.8 Å². The number of rotatable bonds is 9. The zero-order chi connectivity index (χ0) is 30.9. The number of benzene rings is 4. The second-order valence-electron chi connectivity index (χ2n) is 9.24. The van der Waals surface area contributed by atoms with Crippen LogP contribution in [0.4, 0.5) is 5.69 Å². The van der Waals surface area contributed by atoms with E-state index in [0.29, 0.717) is 35.7 Å². The molecule has 0 heterocycles. The van der Waals surface area contributed by atoms with Crippen LogP contribution >= 0.6 is 47.8 Å². The molecular weight excluding hydrogens is 744 g/mol. The number of ether oxygens (including phenoxy) is 1. The van der Waals surface area contributed by atoms with Gasteiger partial charge in [-0.05, 0) is 92.0 Å². The largest absolute Gasteiger partial charge is 0.421 e. The fourth-order valence-electron chi connectivity index (χ4n) is 3.76. The van der Waals surface area contributed by atoms with Crippen molar-refractivity contribution < 1.29 is 19.1 Å². The van der Waals surface area contributed by atoms with Crippen molar-refractivity contribution in [3.63, 3.8) is 0 Å². The van der Waals surface area contributed by atoms with Crippen LogP contribution in [-0.4, -0.2) is 38.1 Å². The number of nitrogens with zero attached hydrogens (tertiary/aromatic N) is 2. The van der Waals surface area contributed by atoms with Gasteiger partial charge in [0.2, 0.25) is 0 Å². The summed E-state index contributed by atoms with van der Waals surface area (Å²) in [6.07, 6.45) is 2.91. The number of halogens is 3. The average molecular weight is 769 g/mol. The Morgan fingerprint density at radius 2 is 1.51 bits per heavy atom. The summed E-state index contributed by atoms with van der Waals surface area (Å²) >= 11 is 10.2. The Kier molecular flexibility index (Phi) is 11.0. The van der Waals surface area contributed by atoms with Crippen molar-refractivity contribution in [2.24, 2.45) is 5.10 Å². The standard InChI is InChI=1S/C32H25Br3N4O4/c1-39(2)24-14-12-20(13-15-24)16-28(37-30(40)21-8-4-3-5-9-21)31(41)38-36-19-22-17-23(33)18-27(35)29(22)43-32(42)25-10-6-7-11-26(25)34/h3-19H,1-2H3,(H,37,40)(H,38,41)/b28-16-,36-19+. The van der Waals surface area contributed by atoms with E-state index in [1.807, 2.05) is 43.3 Å². The number of carbonyl (C=O) groups excluding carboxylic acids is 3. The Labute approximate surface area is 274 Å². The summed E-state index contributed by atoms with van der Waals surface area (Å²) < 4.78 is 7.46. The highest BCUT2D eigenvalue weighted by molar-refractivity contribution is 9.11. The summed E-state index contributed by atoms with van der Waals surface area (Å²) in [7, 11) is 3.86. The van der Waals surface area contributed by atoms with Crippen molar-refractivity contribution >= 4 is 83.6 Å². The molecule has 0 radical (unpaired) electrons. The lowest BCUT2D eigenvalue weighted by atomic mass is 10.1. The van der Waals surface area contributed by atoms with Crippen molar-refractivity contribution in [1.82, 2.24) is 10.7 Å². The third-order valence-corrected chi connectivity index (χ3v) is 7.68. The summed E-state index contributed by atoms with van der Waals surface area (Å²) in [6, 6.07) is 26.4. The van der Waals surface area contributed by atoms with Crippen molar-refractivity contribution in [3.8, 4) is 5.75 Å². The Morgan fingerprint density at radius 3 is 2.19 bits per heavy atom. The molecule has 4 aromatic rings. The Bertz CT molecular complexity index is 1710. The summed E-state index contributed by atoms with van der Waals surface area (Å²) in [5.74, 6) is -1.48. The van der Waals surface area contributed by atoms with Gasteiger partial charge >= 0.3 is 5.97 Å². The topological polar surface area (TPSA) is 100 Å². The van der Waals surface area contributed by atoms with Crippen molar-refractivity contribution in [2.75, 3.05) is 19.0 Å².